The molecule has 2 amide bonds. The molecule has 1 aromatic carbocycles. The number of carbonyl (C=O) groups is 2. The Morgan fingerprint density at radius 2 is 1.52 bits per heavy atom. The number of hydrogen-bond acceptors (Lipinski definition) is 4. The lowest BCUT2D eigenvalue weighted by molar-refractivity contribution is -0.140. The third-order valence-corrected chi connectivity index (χ3v) is 3.87. The van der Waals surface area contributed by atoms with E-state index in [0.29, 0.717) is 32.7 Å². The molecule has 0 aromatic heterocycles. The molecule has 1 saturated heterocycles. The van der Waals surface area contributed by atoms with Crippen LogP contribution >= 0.6 is 0 Å². The molecule has 0 aliphatic carbocycles. The number of rotatable bonds is 5. The second-order valence-corrected chi connectivity index (χ2v) is 5.90. The monoisotopic (exact) mass is 319 g/mol. The van der Waals surface area contributed by atoms with Gasteiger partial charge < -0.3 is 19.9 Å². The molecule has 1 fully saturated rings. The van der Waals surface area contributed by atoms with Gasteiger partial charge in [-0.05, 0) is 44.2 Å². The highest BCUT2D eigenvalue weighted by molar-refractivity contribution is 5.80. The molecule has 6 nitrogen and oxygen atoms in total. The lowest BCUT2D eigenvalue weighted by atomic mass is 10.1. The molecule has 0 spiro atoms. The molecule has 1 aliphatic heterocycles. The van der Waals surface area contributed by atoms with Gasteiger partial charge in [-0.15, -0.1) is 0 Å². The van der Waals surface area contributed by atoms with Gasteiger partial charge in [0.2, 0.25) is 5.91 Å². The Labute approximate surface area is 137 Å². The first kappa shape index (κ1) is 17.3. The van der Waals surface area contributed by atoms with Crippen LogP contribution < -0.4 is 10.1 Å². The molecular formula is C17H25N3O3. The van der Waals surface area contributed by atoms with Crippen LogP contribution in [0.3, 0.4) is 0 Å². The Balaban J connectivity index is 1.80. The molecule has 0 saturated carbocycles. The molecule has 0 atom stereocenters. The average molecular weight is 319 g/mol. The Morgan fingerprint density at radius 3 is 2.04 bits per heavy atom. The van der Waals surface area contributed by atoms with Gasteiger partial charge in [0.15, 0.2) is 6.61 Å². The quantitative estimate of drug-likeness (QED) is 0.862. The summed E-state index contributed by atoms with van der Waals surface area (Å²) in [6.07, 6.45) is 0. The number of likely N-dealkylation sites (N-methyl/N-ethyl adjacent to an activating group) is 1. The van der Waals surface area contributed by atoms with Crippen molar-refractivity contribution in [3.8, 4) is 5.75 Å². The van der Waals surface area contributed by atoms with Gasteiger partial charge in [-0.25, -0.2) is 0 Å². The molecule has 1 N–H and O–H groups in total. The van der Waals surface area contributed by atoms with E-state index in [9.17, 15) is 9.59 Å². The van der Waals surface area contributed by atoms with E-state index in [1.165, 1.54) is 0 Å². The molecule has 1 aromatic rings. The molecule has 1 heterocycles. The van der Waals surface area contributed by atoms with E-state index >= 15 is 0 Å². The van der Waals surface area contributed by atoms with Crippen LogP contribution in [0.25, 0.3) is 0 Å². The summed E-state index contributed by atoms with van der Waals surface area (Å²) < 4.78 is 5.61. The van der Waals surface area contributed by atoms with E-state index in [2.05, 4.69) is 11.4 Å². The minimum atomic E-state index is -0.0372. The van der Waals surface area contributed by atoms with Gasteiger partial charge in [-0.1, -0.05) is 6.07 Å². The molecule has 2 rings (SSSR count). The summed E-state index contributed by atoms with van der Waals surface area (Å²) >= 11 is 0. The van der Waals surface area contributed by atoms with E-state index in [1.54, 1.807) is 16.8 Å². The first-order valence-electron chi connectivity index (χ1n) is 7.91. The van der Waals surface area contributed by atoms with Crippen LogP contribution in [-0.2, 0) is 9.59 Å². The molecule has 0 radical (unpaired) electrons. The van der Waals surface area contributed by atoms with Crippen molar-refractivity contribution in [3.05, 3.63) is 29.3 Å². The van der Waals surface area contributed by atoms with E-state index < -0.39 is 0 Å². The zero-order valence-corrected chi connectivity index (χ0v) is 14.1. The van der Waals surface area contributed by atoms with E-state index in [4.69, 9.17) is 4.74 Å². The predicted octanol–water partition coefficient (Wildman–Crippen LogP) is 0.572. The number of piperazine rings is 1. The fraction of sp³-hybridized carbons (Fsp3) is 0.529. The van der Waals surface area contributed by atoms with Gasteiger partial charge in [0.25, 0.3) is 5.91 Å². The minimum Gasteiger partial charge on any atom is -0.484 e. The first-order valence-corrected chi connectivity index (χ1v) is 7.91. The van der Waals surface area contributed by atoms with Crippen LogP contribution in [0, 0.1) is 13.8 Å². The third-order valence-electron chi connectivity index (χ3n) is 3.87. The summed E-state index contributed by atoms with van der Waals surface area (Å²) in [5, 5.41) is 2.85. The van der Waals surface area contributed by atoms with Crippen LogP contribution in [-0.4, -0.2) is 68.0 Å². The highest BCUT2D eigenvalue weighted by Crippen LogP contribution is 2.16. The van der Waals surface area contributed by atoms with Crippen molar-refractivity contribution in [3.63, 3.8) is 0 Å². The molecule has 126 valence electrons. The van der Waals surface area contributed by atoms with Crippen LogP contribution in [0.1, 0.15) is 11.1 Å². The Hall–Kier alpha value is -2.08. The predicted molar refractivity (Wildman–Crippen MR) is 88.5 cm³/mol. The van der Waals surface area contributed by atoms with Gasteiger partial charge in [0.05, 0.1) is 6.54 Å². The summed E-state index contributed by atoms with van der Waals surface area (Å²) in [5.41, 5.74) is 2.23. The normalized spacial score (nSPS) is 14.7. The number of nitrogens with zero attached hydrogens (tertiary/aromatic N) is 2. The smallest absolute Gasteiger partial charge is 0.260 e. The standard InChI is InChI=1S/C17H25N3O3/c1-13-8-14(2)10-15(9-13)23-12-17(22)20-6-4-19(5-7-20)16(21)11-18-3/h8-10,18H,4-7,11-12H2,1-3H3. The summed E-state index contributed by atoms with van der Waals surface area (Å²) in [7, 11) is 1.75. The molecule has 23 heavy (non-hydrogen) atoms. The largest absolute Gasteiger partial charge is 0.484 e. The Kier molecular flexibility index (Phi) is 5.98. The lowest BCUT2D eigenvalue weighted by Gasteiger charge is -2.34. The van der Waals surface area contributed by atoms with Crippen molar-refractivity contribution in [2.45, 2.75) is 13.8 Å². The third kappa shape index (κ3) is 4.96. The molecule has 1 aliphatic rings. The molecule has 0 bridgehead atoms. The first-order chi connectivity index (χ1) is 11.0. The van der Waals surface area contributed by atoms with Gasteiger partial charge in [-0.2, -0.15) is 0 Å². The Morgan fingerprint density at radius 1 is 1.00 bits per heavy atom. The Bertz CT molecular complexity index is 546. The van der Waals surface area contributed by atoms with Crippen LogP contribution in [0.15, 0.2) is 18.2 Å². The lowest BCUT2D eigenvalue weighted by Crippen LogP contribution is -2.53. The second-order valence-electron chi connectivity index (χ2n) is 5.90. The highest BCUT2D eigenvalue weighted by Gasteiger charge is 2.23. The van der Waals surface area contributed by atoms with Gasteiger partial charge in [-0.3, -0.25) is 9.59 Å². The zero-order valence-electron chi connectivity index (χ0n) is 14.1. The number of amides is 2. The van der Waals surface area contributed by atoms with Crippen LogP contribution in [0.2, 0.25) is 0 Å². The van der Waals surface area contributed by atoms with Crippen molar-refractivity contribution in [1.29, 1.82) is 0 Å². The number of ether oxygens (including phenoxy) is 1. The fourth-order valence-electron chi connectivity index (χ4n) is 2.72. The maximum atomic E-state index is 12.2. The molecule has 6 heteroatoms. The maximum absolute atomic E-state index is 12.2. The number of benzene rings is 1. The van der Waals surface area contributed by atoms with Gasteiger partial charge in [0, 0.05) is 26.2 Å². The summed E-state index contributed by atoms with van der Waals surface area (Å²) in [5.74, 6) is 0.759. The second kappa shape index (κ2) is 7.97. The van der Waals surface area contributed by atoms with E-state index in [-0.39, 0.29) is 18.4 Å². The topological polar surface area (TPSA) is 61.9 Å². The van der Waals surface area contributed by atoms with E-state index in [1.807, 2.05) is 26.0 Å². The van der Waals surface area contributed by atoms with Crippen molar-refractivity contribution in [1.82, 2.24) is 15.1 Å². The highest BCUT2D eigenvalue weighted by atomic mass is 16.5. The molecule has 0 unspecified atom stereocenters. The SMILES string of the molecule is CNCC(=O)N1CCN(C(=O)COc2cc(C)cc(C)c2)CC1. The maximum Gasteiger partial charge on any atom is 0.260 e. The van der Waals surface area contributed by atoms with Crippen LogP contribution in [0.4, 0.5) is 0 Å². The zero-order chi connectivity index (χ0) is 16.8. The van der Waals surface area contributed by atoms with Crippen molar-refractivity contribution in [2.24, 2.45) is 0 Å². The van der Waals surface area contributed by atoms with Crippen molar-refractivity contribution < 1.29 is 14.3 Å². The summed E-state index contributed by atoms with van der Waals surface area (Å²) in [6, 6.07) is 5.92. The van der Waals surface area contributed by atoms with Crippen molar-refractivity contribution in [2.75, 3.05) is 46.4 Å². The minimum absolute atomic E-state index is 0.0351. The number of hydrogen-bond donors (Lipinski definition) is 1. The van der Waals surface area contributed by atoms with E-state index in [0.717, 1.165) is 16.9 Å². The number of aryl methyl sites for hydroxylation is 2. The number of carbonyl (C=O) groups excluding carboxylic acids is 2. The fourth-order valence-corrected chi connectivity index (χ4v) is 2.72. The number of nitrogens with one attached hydrogen (secondary N) is 1. The van der Waals surface area contributed by atoms with Gasteiger partial charge in [0.1, 0.15) is 5.75 Å². The van der Waals surface area contributed by atoms with Crippen LogP contribution in [0.5, 0.6) is 5.75 Å². The average Bonchev–Trinajstić information content (AvgIpc) is 2.52. The molecular weight excluding hydrogens is 294 g/mol. The summed E-state index contributed by atoms with van der Waals surface area (Å²) in [6.45, 7) is 6.66. The van der Waals surface area contributed by atoms with Gasteiger partial charge >= 0.3 is 0 Å². The summed E-state index contributed by atoms with van der Waals surface area (Å²) in [4.78, 5) is 27.6. The van der Waals surface area contributed by atoms with Crippen molar-refractivity contribution >= 4 is 11.8 Å².